The van der Waals surface area contributed by atoms with Crippen molar-refractivity contribution in [2.75, 3.05) is 25.1 Å². The molecule has 0 saturated carbocycles. The number of aryl methyl sites for hydroxylation is 1. The second-order valence-electron chi connectivity index (χ2n) is 9.22. The molecule has 0 aliphatic carbocycles. The Morgan fingerprint density at radius 2 is 1.82 bits per heavy atom. The molecule has 5 rings (SSSR count). The first-order valence-corrected chi connectivity index (χ1v) is 12.2. The van der Waals surface area contributed by atoms with Crippen LogP contribution in [0, 0.1) is 6.92 Å². The van der Waals surface area contributed by atoms with Crippen molar-refractivity contribution < 1.29 is 28.2 Å². The number of carbonyl (C=O) groups is 1. The predicted octanol–water partition coefficient (Wildman–Crippen LogP) is 4.36. The average Bonchev–Trinajstić information content (AvgIpc) is 3.23. The minimum Gasteiger partial charge on any atom is -0.479 e. The van der Waals surface area contributed by atoms with Gasteiger partial charge in [0.05, 0.1) is 5.69 Å². The number of ether oxygens (including phenoxy) is 2. The monoisotopic (exact) mass is 523 g/mol. The molecule has 0 radical (unpaired) electrons. The Kier molecular flexibility index (Phi) is 6.94. The molecule has 4 aromatic rings. The van der Waals surface area contributed by atoms with Crippen molar-refractivity contribution >= 4 is 17.6 Å². The minimum atomic E-state index is -2.90. The second kappa shape index (κ2) is 10.3. The molecular formula is C27H27F2N5O4. The first-order chi connectivity index (χ1) is 18.3. The van der Waals surface area contributed by atoms with E-state index >= 15 is 0 Å². The molecule has 0 unspecified atom stereocenters. The van der Waals surface area contributed by atoms with Crippen molar-refractivity contribution in [3.8, 4) is 16.9 Å². The van der Waals surface area contributed by atoms with Crippen LogP contribution >= 0.6 is 0 Å². The van der Waals surface area contributed by atoms with Crippen molar-refractivity contribution in [1.29, 1.82) is 0 Å². The van der Waals surface area contributed by atoms with Crippen LogP contribution < -0.4 is 9.64 Å². The number of alkyl halides is 2. The Morgan fingerprint density at radius 1 is 1.11 bits per heavy atom. The fourth-order valence-electron chi connectivity index (χ4n) is 4.84. The fraction of sp³-hybridized carbons (Fsp3) is 0.333. The molecule has 1 aliphatic rings. The van der Waals surface area contributed by atoms with E-state index in [1.165, 1.54) is 13.2 Å². The topological polar surface area (TPSA) is 102 Å². The zero-order valence-electron chi connectivity index (χ0n) is 21.0. The minimum absolute atomic E-state index is 0.140. The van der Waals surface area contributed by atoms with Crippen LogP contribution in [0.1, 0.15) is 29.8 Å². The van der Waals surface area contributed by atoms with E-state index in [9.17, 15) is 18.7 Å². The maximum Gasteiger partial charge on any atom is 0.387 e. The van der Waals surface area contributed by atoms with Gasteiger partial charge in [0.2, 0.25) is 5.95 Å². The third-order valence-corrected chi connectivity index (χ3v) is 7.07. The Labute approximate surface area is 217 Å². The summed E-state index contributed by atoms with van der Waals surface area (Å²) in [4.78, 5) is 27.2. The summed E-state index contributed by atoms with van der Waals surface area (Å²) >= 11 is 0. The van der Waals surface area contributed by atoms with Gasteiger partial charge in [-0.2, -0.15) is 8.78 Å². The van der Waals surface area contributed by atoms with Gasteiger partial charge in [0.1, 0.15) is 11.4 Å². The number of carboxylic acid groups (broad SMARTS) is 1. The largest absolute Gasteiger partial charge is 0.479 e. The van der Waals surface area contributed by atoms with Crippen LogP contribution in [0.3, 0.4) is 0 Å². The second-order valence-corrected chi connectivity index (χ2v) is 9.22. The van der Waals surface area contributed by atoms with E-state index in [0.29, 0.717) is 43.9 Å². The normalized spacial score (nSPS) is 15.2. The van der Waals surface area contributed by atoms with E-state index in [2.05, 4.69) is 15.0 Å². The fourth-order valence-corrected chi connectivity index (χ4v) is 4.84. The van der Waals surface area contributed by atoms with Crippen molar-refractivity contribution in [1.82, 2.24) is 19.4 Å². The third-order valence-electron chi connectivity index (χ3n) is 7.07. The molecule has 38 heavy (non-hydrogen) atoms. The summed E-state index contributed by atoms with van der Waals surface area (Å²) in [5.41, 5.74) is 3.51. The number of anilines is 1. The van der Waals surface area contributed by atoms with Gasteiger partial charge in [0, 0.05) is 80.4 Å². The van der Waals surface area contributed by atoms with Gasteiger partial charge in [-0.1, -0.05) is 18.2 Å². The maximum atomic E-state index is 12.9. The van der Waals surface area contributed by atoms with Crippen LogP contribution in [0.4, 0.5) is 14.7 Å². The number of aliphatic carboxylic acids is 1. The first kappa shape index (κ1) is 25.5. The number of benzene rings is 1. The zero-order chi connectivity index (χ0) is 26.9. The summed E-state index contributed by atoms with van der Waals surface area (Å²) in [5, 5.41) is 9.52. The van der Waals surface area contributed by atoms with E-state index in [4.69, 9.17) is 9.47 Å². The first-order valence-electron chi connectivity index (χ1n) is 12.2. The summed E-state index contributed by atoms with van der Waals surface area (Å²) in [6.07, 6.45) is 6.44. The zero-order valence-corrected chi connectivity index (χ0v) is 21.0. The standard InChI is InChI=1S/C27H27F2N5O4/c1-17-21(13-18-5-3-4-6-22(18)38-25(28)29)34-16-19(7-8-23(34)32-17)20-14-30-26(31-15-20)33-11-9-27(37-2,10-12-33)24(35)36/h3-8,14-16,25H,9-13H2,1-2H3,(H,35,36). The predicted molar refractivity (Wildman–Crippen MR) is 136 cm³/mol. The van der Waals surface area contributed by atoms with Gasteiger partial charge in [-0.05, 0) is 25.1 Å². The van der Waals surface area contributed by atoms with Crippen molar-refractivity contribution in [2.24, 2.45) is 0 Å². The number of pyridine rings is 1. The molecule has 0 bridgehead atoms. The van der Waals surface area contributed by atoms with Gasteiger partial charge >= 0.3 is 12.6 Å². The smallest absolute Gasteiger partial charge is 0.387 e. The van der Waals surface area contributed by atoms with Crippen molar-refractivity contribution in [2.45, 2.75) is 38.4 Å². The molecule has 1 saturated heterocycles. The van der Waals surface area contributed by atoms with E-state index < -0.39 is 18.2 Å². The molecule has 11 heteroatoms. The number of rotatable bonds is 8. The lowest BCUT2D eigenvalue weighted by Crippen LogP contribution is -2.51. The summed E-state index contributed by atoms with van der Waals surface area (Å²) in [6, 6.07) is 10.6. The van der Waals surface area contributed by atoms with Crippen LogP contribution in [0.2, 0.25) is 0 Å². The van der Waals surface area contributed by atoms with Crippen LogP contribution in [-0.2, 0) is 16.0 Å². The highest BCUT2D eigenvalue weighted by Crippen LogP contribution is 2.29. The van der Waals surface area contributed by atoms with Gasteiger partial charge in [0.15, 0.2) is 5.60 Å². The average molecular weight is 524 g/mol. The molecule has 0 atom stereocenters. The Morgan fingerprint density at radius 3 is 2.47 bits per heavy atom. The molecule has 1 N–H and O–H groups in total. The van der Waals surface area contributed by atoms with E-state index in [1.54, 1.807) is 30.6 Å². The number of para-hydroxylation sites is 1. The number of methoxy groups -OCH3 is 1. The Balaban J connectivity index is 1.38. The highest BCUT2D eigenvalue weighted by Gasteiger charge is 2.42. The number of hydrogen-bond acceptors (Lipinski definition) is 7. The Bertz CT molecular complexity index is 1450. The van der Waals surface area contributed by atoms with Gasteiger partial charge < -0.3 is 23.9 Å². The summed E-state index contributed by atoms with van der Waals surface area (Å²) in [5.74, 6) is -0.286. The number of halogens is 2. The van der Waals surface area contributed by atoms with Crippen molar-refractivity contribution in [3.63, 3.8) is 0 Å². The molecule has 1 aromatic carbocycles. The molecule has 0 spiro atoms. The van der Waals surface area contributed by atoms with E-state index in [-0.39, 0.29) is 5.75 Å². The molecule has 9 nitrogen and oxygen atoms in total. The highest BCUT2D eigenvalue weighted by molar-refractivity contribution is 5.78. The van der Waals surface area contributed by atoms with Gasteiger partial charge in [-0.25, -0.2) is 19.7 Å². The number of nitrogens with zero attached hydrogens (tertiary/aromatic N) is 5. The lowest BCUT2D eigenvalue weighted by Gasteiger charge is -2.37. The van der Waals surface area contributed by atoms with Crippen molar-refractivity contribution in [3.05, 3.63) is 71.9 Å². The number of hydrogen-bond donors (Lipinski definition) is 1. The SMILES string of the molecule is COC1(C(=O)O)CCN(c2ncc(-c3ccc4nc(C)c(Cc5ccccc5OC(F)F)n4c3)cn2)CC1. The highest BCUT2D eigenvalue weighted by atomic mass is 19.3. The summed E-state index contributed by atoms with van der Waals surface area (Å²) in [7, 11) is 1.43. The number of aromatic nitrogens is 4. The summed E-state index contributed by atoms with van der Waals surface area (Å²) < 4.78 is 37.7. The lowest BCUT2D eigenvalue weighted by atomic mass is 9.91. The lowest BCUT2D eigenvalue weighted by molar-refractivity contribution is -0.164. The van der Waals surface area contributed by atoms with Gasteiger partial charge in [-0.15, -0.1) is 0 Å². The number of carboxylic acids is 1. The number of fused-ring (bicyclic) bond motifs is 1. The van der Waals surface area contributed by atoms with Crippen LogP contribution in [-0.4, -0.2) is 62.8 Å². The summed E-state index contributed by atoms with van der Waals surface area (Å²) in [6.45, 7) is -0.0732. The van der Waals surface area contributed by atoms with Gasteiger partial charge in [0.25, 0.3) is 0 Å². The molecule has 4 heterocycles. The molecule has 198 valence electrons. The maximum absolute atomic E-state index is 12.9. The molecule has 3 aromatic heterocycles. The van der Waals surface area contributed by atoms with Crippen LogP contribution in [0.25, 0.3) is 16.8 Å². The van der Waals surface area contributed by atoms with E-state index in [1.807, 2.05) is 34.6 Å². The Hall–Kier alpha value is -4.12. The molecule has 1 fully saturated rings. The number of imidazole rings is 1. The molecule has 1 aliphatic heterocycles. The van der Waals surface area contributed by atoms with E-state index in [0.717, 1.165) is 28.2 Å². The van der Waals surface area contributed by atoms with Gasteiger partial charge in [-0.3, -0.25) is 0 Å². The molecule has 0 amide bonds. The quantitative estimate of drug-likeness (QED) is 0.364. The van der Waals surface area contributed by atoms with Crippen LogP contribution in [0.5, 0.6) is 5.75 Å². The van der Waals surface area contributed by atoms with Crippen LogP contribution in [0.15, 0.2) is 55.0 Å². The third kappa shape index (κ3) is 4.89. The number of piperidine rings is 1. The molecular weight excluding hydrogens is 496 g/mol.